The number of thiocarbonyl (C=S) groups is 1. The molecule has 4 nitrogen and oxygen atoms in total. The monoisotopic (exact) mass is 342 g/mol. The van der Waals surface area contributed by atoms with E-state index in [0.29, 0.717) is 12.2 Å². The maximum atomic E-state index is 12.2. The van der Waals surface area contributed by atoms with Gasteiger partial charge in [-0.15, -0.1) is 0 Å². The molecule has 2 rings (SSSR count). The van der Waals surface area contributed by atoms with Gasteiger partial charge in [0.1, 0.15) is 5.75 Å². The number of ether oxygens (including phenoxy) is 1. The summed E-state index contributed by atoms with van der Waals surface area (Å²) >= 11 is 5.21. The lowest BCUT2D eigenvalue weighted by Crippen LogP contribution is -2.34. The van der Waals surface area contributed by atoms with Crippen molar-refractivity contribution in [3.8, 4) is 5.75 Å². The number of hydrogen-bond acceptors (Lipinski definition) is 3. The van der Waals surface area contributed by atoms with Gasteiger partial charge in [0.05, 0.1) is 6.61 Å². The van der Waals surface area contributed by atoms with Crippen LogP contribution in [0.5, 0.6) is 5.75 Å². The van der Waals surface area contributed by atoms with Gasteiger partial charge in [0.25, 0.3) is 5.91 Å². The molecule has 0 saturated carbocycles. The van der Waals surface area contributed by atoms with Crippen molar-refractivity contribution in [1.29, 1.82) is 0 Å². The van der Waals surface area contributed by atoms with E-state index in [1.54, 1.807) is 24.3 Å². The van der Waals surface area contributed by atoms with Crippen molar-refractivity contribution in [2.75, 3.05) is 11.9 Å². The number of carbonyl (C=O) groups excluding carboxylic acids is 1. The third-order valence-electron chi connectivity index (χ3n) is 3.30. The molecule has 0 radical (unpaired) electrons. The molecular formula is C19H22N2O2S. The lowest BCUT2D eigenvalue weighted by molar-refractivity contribution is 0.0977. The molecule has 0 aliphatic rings. The van der Waals surface area contributed by atoms with Crippen LogP contribution in [0.3, 0.4) is 0 Å². The van der Waals surface area contributed by atoms with Crippen molar-refractivity contribution in [1.82, 2.24) is 5.32 Å². The van der Waals surface area contributed by atoms with E-state index in [0.717, 1.165) is 29.0 Å². The molecule has 0 aliphatic heterocycles. The van der Waals surface area contributed by atoms with Gasteiger partial charge in [-0.05, 0) is 80.0 Å². The molecule has 2 N–H and O–H groups in total. The molecule has 24 heavy (non-hydrogen) atoms. The maximum absolute atomic E-state index is 12.2. The second kappa shape index (κ2) is 8.45. The fourth-order valence-corrected chi connectivity index (χ4v) is 2.52. The van der Waals surface area contributed by atoms with Gasteiger partial charge in [-0.1, -0.05) is 13.0 Å². The van der Waals surface area contributed by atoms with Crippen LogP contribution in [0.2, 0.25) is 0 Å². The summed E-state index contributed by atoms with van der Waals surface area (Å²) in [6, 6.07) is 13.0. The lowest BCUT2D eigenvalue weighted by atomic mass is 10.1. The number of nitrogens with one attached hydrogen (secondary N) is 2. The van der Waals surface area contributed by atoms with E-state index in [2.05, 4.69) is 16.7 Å². The largest absolute Gasteiger partial charge is 0.494 e. The molecule has 0 saturated heterocycles. The molecule has 0 unspecified atom stereocenters. The predicted octanol–water partition coefficient (Wildman–Crippen LogP) is 4.22. The summed E-state index contributed by atoms with van der Waals surface area (Å²) in [6.45, 7) is 6.74. The van der Waals surface area contributed by atoms with Crippen molar-refractivity contribution >= 4 is 28.9 Å². The Kier molecular flexibility index (Phi) is 6.32. The Balaban J connectivity index is 1.94. The van der Waals surface area contributed by atoms with Crippen LogP contribution in [0.4, 0.5) is 5.69 Å². The fourth-order valence-electron chi connectivity index (χ4n) is 2.31. The molecule has 5 heteroatoms. The first-order chi connectivity index (χ1) is 11.5. The molecule has 0 fully saturated rings. The summed E-state index contributed by atoms with van der Waals surface area (Å²) in [4.78, 5) is 12.2. The van der Waals surface area contributed by atoms with Crippen molar-refractivity contribution in [2.24, 2.45) is 0 Å². The van der Waals surface area contributed by atoms with E-state index < -0.39 is 0 Å². The van der Waals surface area contributed by atoms with E-state index in [1.807, 2.05) is 32.9 Å². The third-order valence-corrected chi connectivity index (χ3v) is 3.50. The average molecular weight is 342 g/mol. The zero-order chi connectivity index (χ0) is 17.5. The van der Waals surface area contributed by atoms with Gasteiger partial charge in [-0.3, -0.25) is 10.1 Å². The van der Waals surface area contributed by atoms with E-state index in [-0.39, 0.29) is 11.0 Å². The van der Waals surface area contributed by atoms with Gasteiger partial charge in [0.15, 0.2) is 5.11 Å². The van der Waals surface area contributed by atoms with Crippen LogP contribution in [-0.4, -0.2) is 17.6 Å². The van der Waals surface area contributed by atoms with Gasteiger partial charge < -0.3 is 10.1 Å². The van der Waals surface area contributed by atoms with E-state index in [1.165, 1.54) is 0 Å². The summed E-state index contributed by atoms with van der Waals surface area (Å²) in [7, 11) is 0. The Labute approximate surface area is 148 Å². The number of rotatable bonds is 5. The van der Waals surface area contributed by atoms with Crippen molar-refractivity contribution in [3.63, 3.8) is 0 Å². The number of hydrogen-bond donors (Lipinski definition) is 2. The topological polar surface area (TPSA) is 50.4 Å². The molecule has 2 aromatic rings. The molecule has 0 heterocycles. The van der Waals surface area contributed by atoms with Crippen LogP contribution in [-0.2, 0) is 0 Å². The lowest BCUT2D eigenvalue weighted by Gasteiger charge is -2.11. The normalized spacial score (nSPS) is 10.1. The van der Waals surface area contributed by atoms with Gasteiger partial charge >= 0.3 is 0 Å². The highest BCUT2D eigenvalue weighted by Crippen LogP contribution is 2.14. The minimum atomic E-state index is -0.251. The third kappa shape index (κ3) is 5.35. The SMILES string of the molecule is CCCOc1ccc(C(=O)NC(=S)Nc2cc(C)cc(C)c2)cc1. The Morgan fingerprint density at radius 2 is 1.71 bits per heavy atom. The summed E-state index contributed by atoms with van der Waals surface area (Å²) in [5, 5.41) is 6.00. The first kappa shape index (κ1) is 17.9. The number of anilines is 1. The number of benzene rings is 2. The van der Waals surface area contributed by atoms with Crippen LogP contribution in [0.25, 0.3) is 0 Å². The number of aryl methyl sites for hydroxylation is 2. The van der Waals surface area contributed by atoms with Gasteiger partial charge in [0.2, 0.25) is 0 Å². The summed E-state index contributed by atoms with van der Waals surface area (Å²) in [6.07, 6.45) is 0.945. The second-order valence-corrected chi connectivity index (χ2v) is 6.07. The zero-order valence-electron chi connectivity index (χ0n) is 14.2. The summed E-state index contributed by atoms with van der Waals surface area (Å²) in [5.74, 6) is 0.503. The van der Waals surface area contributed by atoms with Crippen LogP contribution >= 0.6 is 12.2 Å². The molecule has 0 spiro atoms. The van der Waals surface area contributed by atoms with Gasteiger partial charge in [-0.25, -0.2) is 0 Å². The predicted molar refractivity (Wildman–Crippen MR) is 102 cm³/mol. The van der Waals surface area contributed by atoms with Crippen molar-refractivity contribution in [3.05, 3.63) is 59.2 Å². The minimum absolute atomic E-state index is 0.251. The Morgan fingerprint density at radius 3 is 2.29 bits per heavy atom. The van der Waals surface area contributed by atoms with E-state index >= 15 is 0 Å². The smallest absolute Gasteiger partial charge is 0.257 e. The zero-order valence-corrected chi connectivity index (χ0v) is 15.0. The van der Waals surface area contributed by atoms with E-state index in [4.69, 9.17) is 17.0 Å². The summed E-state index contributed by atoms with van der Waals surface area (Å²) in [5.41, 5.74) is 3.66. The van der Waals surface area contributed by atoms with Crippen LogP contribution in [0.1, 0.15) is 34.8 Å². The Morgan fingerprint density at radius 1 is 1.08 bits per heavy atom. The highest BCUT2D eigenvalue weighted by atomic mass is 32.1. The maximum Gasteiger partial charge on any atom is 0.257 e. The Hall–Kier alpha value is -2.40. The molecule has 126 valence electrons. The molecule has 0 aliphatic carbocycles. The molecule has 0 aromatic heterocycles. The van der Waals surface area contributed by atoms with Crippen LogP contribution in [0, 0.1) is 13.8 Å². The van der Waals surface area contributed by atoms with Gasteiger partial charge in [-0.2, -0.15) is 0 Å². The standard InChI is InChI=1S/C19H22N2O2S/c1-4-9-23-17-7-5-15(6-8-17)18(22)21-19(24)20-16-11-13(2)10-14(3)12-16/h5-8,10-12H,4,9H2,1-3H3,(H2,20,21,22,24). The van der Waals surface area contributed by atoms with Crippen LogP contribution in [0.15, 0.2) is 42.5 Å². The highest BCUT2D eigenvalue weighted by Gasteiger charge is 2.08. The number of amides is 1. The fraction of sp³-hybridized carbons (Fsp3) is 0.263. The molecule has 0 bridgehead atoms. The summed E-state index contributed by atoms with van der Waals surface area (Å²) < 4.78 is 5.50. The second-order valence-electron chi connectivity index (χ2n) is 5.66. The van der Waals surface area contributed by atoms with Crippen molar-refractivity contribution in [2.45, 2.75) is 27.2 Å². The first-order valence-electron chi connectivity index (χ1n) is 7.91. The molecular weight excluding hydrogens is 320 g/mol. The molecule has 0 atom stereocenters. The average Bonchev–Trinajstić information content (AvgIpc) is 2.52. The van der Waals surface area contributed by atoms with E-state index in [9.17, 15) is 4.79 Å². The Bertz CT molecular complexity index is 706. The van der Waals surface area contributed by atoms with Crippen LogP contribution < -0.4 is 15.4 Å². The number of carbonyl (C=O) groups is 1. The quantitative estimate of drug-likeness (QED) is 0.799. The molecule has 1 amide bonds. The molecule has 2 aromatic carbocycles. The minimum Gasteiger partial charge on any atom is -0.494 e. The van der Waals surface area contributed by atoms with Crippen molar-refractivity contribution < 1.29 is 9.53 Å². The first-order valence-corrected chi connectivity index (χ1v) is 8.32. The highest BCUT2D eigenvalue weighted by molar-refractivity contribution is 7.80. The van der Waals surface area contributed by atoms with Gasteiger partial charge in [0, 0.05) is 11.3 Å².